The van der Waals surface area contributed by atoms with Crippen molar-refractivity contribution in [2.75, 3.05) is 6.54 Å². The summed E-state index contributed by atoms with van der Waals surface area (Å²) in [5.74, 6) is -2.39. The molecule has 0 aromatic heterocycles. The normalized spacial score (nSPS) is 37.2. The zero-order valence-electron chi connectivity index (χ0n) is 12.4. The summed E-state index contributed by atoms with van der Waals surface area (Å²) in [7, 11) is 0. The number of amides is 1. The van der Waals surface area contributed by atoms with Gasteiger partial charge < -0.3 is 15.5 Å². The van der Waals surface area contributed by atoms with Gasteiger partial charge in [0.05, 0.1) is 10.8 Å². The maximum atomic E-state index is 12.2. The van der Waals surface area contributed by atoms with Crippen LogP contribution in [0.25, 0.3) is 0 Å². The molecule has 20 heavy (non-hydrogen) atoms. The monoisotopic (exact) mass is 285 g/mol. The molecule has 3 N–H and O–H groups in total. The van der Waals surface area contributed by atoms with Crippen LogP contribution >= 0.6 is 0 Å². The highest BCUT2D eigenvalue weighted by atomic mass is 16.4. The smallest absolute Gasteiger partial charge is 0.309 e. The second-order valence-corrected chi connectivity index (χ2v) is 6.68. The van der Waals surface area contributed by atoms with Crippen molar-refractivity contribution in [3.05, 3.63) is 0 Å². The van der Waals surface area contributed by atoms with Crippen LogP contribution in [0.4, 0.5) is 0 Å². The van der Waals surface area contributed by atoms with E-state index in [9.17, 15) is 24.6 Å². The first-order valence-electron chi connectivity index (χ1n) is 6.74. The van der Waals surface area contributed by atoms with Gasteiger partial charge in [-0.2, -0.15) is 0 Å². The molecule has 2 atom stereocenters. The minimum Gasteiger partial charge on any atom is -0.481 e. The van der Waals surface area contributed by atoms with Crippen LogP contribution in [0.3, 0.4) is 0 Å². The molecule has 0 radical (unpaired) electrons. The van der Waals surface area contributed by atoms with Crippen LogP contribution < -0.4 is 5.32 Å². The topological polar surface area (TPSA) is 104 Å². The Morgan fingerprint density at radius 2 is 1.25 bits per heavy atom. The van der Waals surface area contributed by atoms with Gasteiger partial charge in [-0.15, -0.1) is 0 Å². The lowest BCUT2D eigenvalue weighted by Gasteiger charge is -2.48. The number of carbonyl (C=O) groups excluding carboxylic acids is 1. The number of carboxylic acids is 2. The zero-order valence-corrected chi connectivity index (χ0v) is 12.4. The van der Waals surface area contributed by atoms with Gasteiger partial charge in [-0.1, -0.05) is 6.92 Å². The fourth-order valence-electron chi connectivity index (χ4n) is 3.61. The summed E-state index contributed by atoms with van der Waals surface area (Å²) >= 11 is 0. The fraction of sp³-hybridized carbons (Fsp3) is 0.786. The van der Waals surface area contributed by atoms with Gasteiger partial charge >= 0.3 is 11.9 Å². The molecule has 0 bridgehead atoms. The van der Waals surface area contributed by atoms with E-state index in [2.05, 4.69) is 5.32 Å². The Kier molecular flexibility index (Phi) is 4.17. The maximum absolute atomic E-state index is 12.2. The average molecular weight is 285 g/mol. The second kappa shape index (κ2) is 5.07. The number of rotatable bonds is 4. The lowest BCUT2D eigenvalue weighted by atomic mass is 9.54. The Bertz CT molecular complexity index is 419. The molecule has 0 saturated heterocycles. The molecular weight excluding hydrogens is 262 g/mol. The van der Waals surface area contributed by atoms with Gasteiger partial charge in [0.1, 0.15) is 0 Å². The Morgan fingerprint density at radius 1 is 0.900 bits per heavy atom. The van der Waals surface area contributed by atoms with Gasteiger partial charge in [0, 0.05) is 12.0 Å². The summed E-state index contributed by atoms with van der Waals surface area (Å²) in [5.41, 5.74) is -3.43. The average Bonchev–Trinajstić information content (AvgIpc) is 2.27. The van der Waals surface area contributed by atoms with Gasteiger partial charge in [-0.3, -0.25) is 14.4 Å². The molecule has 1 aliphatic carbocycles. The van der Waals surface area contributed by atoms with E-state index >= 15 is 0 Å². The van der Waals surface area contributed by atoms with E-state index in [1.165, 1.54) is 13.8 Å². The lowest BCUT2D eigenvalue weighted by Crippen LogP contribution is -2.54. The SMILES string of the molecule is CCNC(=O)C1(C)CC(C)(C(=O)O)CC(C)(C(=O)O)C1. The maximum Gasteiger partial charge on any atom is 0.309 e. The number of carboxylic acid groups (broad SMARTS) is 2. The molecule has 6 nitrogen and oxygen atoms in total. The van der Waals surface area contributed by atoms with E-state index in [4.69, 9.17) is 0 Å². The Hall–Kier alpha value is -1.59. The Balaban J connectivity index is 3.24. The summed E-state index contributed by atoms with van der Waals surface area (Å²) in [6.07, 6.45) is 0.313. The van der Waals surface area contributed by atoms with Crippen LogP contribution in [-0.4, -0.2) is 34.6 Å². The van der Waals surface area contributed by atoms with E-state index < -0.39 is 28.2 Å². The molecule has 0 aliphatic heterocycles. The number of aliphatic carboxylic acids is 2. The fourth-order valence-corrected chi connectivity index (χ4v) is 3.61. The van der Waals surface area contributed by atoms with Crippen molar-refractivity contribution in [3.63, 3.8) is 0 Å². The van der Waals surface area contributed by atoms with Crippen molar-refractivity contribution in [1.29, 1.82) is 0 Å². The molecule has 1 saturated carbocycles. The highest BCUT2D eigenvalue weighted by Crippen LogP contribution is 2.54. The number of hydrogen-bond donors (Lipinski definition) is 3. The van der Waals surface area contributed by atoms with E-state index in [0.717, 1.165) is 0 Å². The molecule has 114 valence electrons. The first kappa shape index (κ1) is 16.5. The second-order valence-electron chi connectivity index (χ2n) is 6.68. The molecule has 0 spiro atoms. The van der Waals surface area contributed by atoms with E-state index in [1.807, 2.05) is 0 Å². The largest absolute Gasteiger partial charge is 0.481 e. The van der Waals surface area contributed by atoms with Gasteiger partial charge in [0.15, 0.2) is 0 Å². The molecule has 0 aromatic carbocycles. The van der Waals surface area contributed by atoms with Crippen LogP contribution in [0.5, 0.6) is 0 Å². The van der Waals surface area contributed by atoms with Gasteiger partial charge in [0.25, 0.3) is 0 Å². The van der Waals surface area contributed by atoms with Crippen molar-refractivity contribution in [1.82, 2.24) is 5.32 Å². The highest BCUT2D eigenvalue weighted by molar-refractivity contribution is 5.87. The molecule has 0 aromatic rings. The summed E-state index contributed by atoms with van der Waals surface area (Å²) < 4.78 is 0. The number of nitrogens with one attached hydrogen (secondary N) is 1. The summed E-state index contributed by atoms with van der Waals surface area (Å²) in [6.45, 7) is 6.90. The molecule has 1 rings (SSSR count). The van der Waals surface area contributed by atoms with E-state index in [0.29, 0.717) is 6.54 Å². The van der Waals surface area contributed by atoms with Crippen LogP contribution in [0.15, 0.2) is 0 Å². The molecule has 1 aliphatic rings. The van der Waals surface area contributed by atoms with Crippen LogP contribution in [0, 0.1) is 16.2 Å². The Morgan fingerprint density at radius 3 is 1.55 bits per heavy atom. The van der Waals surface area contributed by atoms with Crippen LogP contribution in [0.2, 0.25) is 0 Å². The third-order valence-corrected chi connectivity index (χ3v) is 4.26. The predicted molar refractivity (Wildman–Crippen MR) is 72.1 cm³/mol. The highest BCUT2D eigenvalue weighted by Gasteiger charge is 2.57. The van der Waals surface area contributed by atoms with E-state index in [1.54, 1.807) is 13.8 Å². The lowest BCUT2D eigenvalue weighted by molar-refractivity contribution is -0.169. The molecular formula is C14H23NO5. The zero-order chi connectivity index (χ0) is 15.8. The summed E-state index contributed by atoms with van der Waals surface area (Å²) in [5, 5.41) is 21.5. The van der Waals surface area contributed by atoms with Crippen molar-refractivity contribution in [2.45, 2.75) is 47.0 Å². The third kappa shape index (κ3) is 2.78. The first-order valence-corrected chi connectivity index (χ1v) is 6.74. The van der Waals surface area contributed by atoms with Gasteiger partial charge in [0.2, 0.25) is 5.91 Å². The minimum atomic E-state index is -1.22. The predicted octanol–water partition coefficient (Wildman–Crippen LogP) is 1.49. The quantitative estimate of drug-likeness (QED) is 0.726. The van der Waals surface area contributed by atoms with Crippen molar-refractivity contribution in [2.24, 2.45) is 16.2 Å². The standard InChI is InChI=1S/C14H23NO5/c1-5-15-9(16)12(2)6-13(3,10(17)18)8-14(4,7-12)11(19)20/h5-8H2,1-4H3,(H,15,16)(H,17,18)(H,19,20). The van der Waals surface area contributed by atoms with Crippen molar-refractivity contribution < 1.29 is 24.6 Å². The molecule has 0 heterocycles. The Labute approximate surface area is 118 Å². The molecule has 1 fully saturated rings. The number of hydrogen-bond acceptors (Lipinski definition) is 3. The van der Waals surface area contributed by atoms with Crippen molar-refractivity contribution in [3.8, 4) is 0 Å². The van der Waals surface area contributed by atoms with E-state index in [-0.39, 0.29) is 25.2 Å². The van der Waals surface area contributed by atoms with Crippen molar-refractivity contribution >= 4 is 17.8 Å². The van der Waals surface area contributed by atoms with Crippen LogP contribution in [0.1, 0.15) is 47.0 Å². The van der Waals surface area contributed by atoms with Gasteiger partial charge in [-0.05, 0) is 40.0 Å². The molecule has 2 unspecified atom stereocenters. The molecule has 6 heteroatoms. The molecule has 1 amide bonds. The first-order chi connectivity index (χ1) is 8.99. The third-order valence-electron chi connectivity index (χ3n) is 4.26. The number of carbonyl (C=O) groups is 3. The van der Waals surface area contributed by atoms with Gasteiger partial charge in [-0.25, -0.2) is 0 Å². The summed E-state index contributed by atoms with van der Waals surface area (Å²) in [4.78, 5) is 35.3. The summed E-state index contributed by atoms with van der Waals surface area (Å²) in [6, 6.07) is 0. The van der Waals surface area contributed by atoms with Crippen LogP contribution in [-0.2, 0) is 14.4 Å². The minimum absolute atomic E-state index is 0.0274.